The van der Waals surface area contributed by atoms with Gasteiger partial charge in [0, 0.05) is 37.1 Å². The third kappa shape index (κ3) is 5.48. The van der Waals surface area contributed by atoms with Gasteiger partial charge in [0.25, 0.3) is 0 Å². The number of hydrogen-bond acceptors (Lipinski definition) is 5. The molecule has 0 radical (unpaired) electrons. The van der Waals surface area contributed by atoms with Crippen molar-refractivity contribution in [2.24, 2.45) is 5.73 Å². The molecule has 3 rings (SSSR count). The van der Waals surface area contributed by atoms with Gasteiger partial charge >= 0.3 is 0 Å². The lowest BCUT2D eigenvalue weighted by atomic mass is 9.67. The zero-order valence-corrected chi connectivity index (χ0v) is 19.8. The normalized spacial score (nSPS) is 24.0. The van der Waals surface area contributed by atoms with Crippen LogP contribution in [0.25, 0.3) is 0 Å². The van der Waals surface area contributed by atoms with E-state index in [1.165, 1.54) is 5.56 Å². The third-order valence-corrected chi connectivity index (χ3v) is 8.93. The van der Waals surface area contributed by atoms with Crippen molar-refractivity contribution in [2.75, 3.05) is 20.2 Å². The van der Waals surface area contributed by atoms with Crippen molar-refractivity contribution < 1.29 is 17.9 Å². The average Bonchev–Trinajstić information content (AvgIpc) is 2.74. The summed E-state index contributed by atoms with van der Waals surface area (Å²) in [7, 11) is -1.51. The molecular weight excluding hydrogens is 414 g/mol. The highest BCUT2D eigenvalue weighted by molar-refractivity contribution is 7.90. The van der Waals surface area contributed by atoms with Crippen molar-refractivity contribution in [3.63, 3.8) is 0 Å². The summed E-state index contributed by atoms with van der Waals surface area (Å²) in [5.41, 5.74) is 8.00. The second-order valence-electron chi connectivity index (χ2n) is 9.42. The lowest BCUT2D eigenvalue weighted by Gasteiger charge is -2.45. The quantitative estimate of drug-likeness (QED) is 0.499. The van der Waals surface area contributed by atoms with Crippen LogP contribution in [-0.4, -0.2) is 51.9 Å². The number of amides is 1. The van der Waals surface area contributed by atoms with Gasteiger partial charge in [-0.15, -0.1) is 0 Å². The first-order chi connectivity index (χ1) is 14.7. The average molecular weight is 452 g/mol. The molecule has 4 N–H and O–H groups in total. The van der Waals surface area contributed by atoms with Crippen LogP contribution in [0.3, 0.4) is 0 Å². The van der Waals surface area contributed by atoms with E-state index in [-0.39, 0.29) is 22.8 Å². The van der Waals surface area contributed by atoms with E-state index in [4.69, 9.17) is 10.5 Å². The minimum atomic E-state index is -3.23. The van der Waals surface area contributed by atoms with Crippen molar-refractivity contribution >= 4 is 15.9 Å². The summed E-state index contributed by atoms with van der Waals surface area (Å²) in [4.78, 5) is 11.7. The number of fused-ring (bicyclic) bond motifs is 1. The number of rotatable bonds is 9. The van der Waals surface area contributed by atoms with Crippen molar-refractivity contribution in [1.82, 2.24) is 10.0 Å². The fourth-order valence-corrected chi connectivity index (χ4v) is 6.75. The fraction of sp³-hybridized carbons (Fsp3) is 0.696. The lowest BCUT2D eigenvalue weighted by molar-refractivity contribution is 0.0357. The van der Waals surface area contributed by atoms with E-state index in [1.54, 1.807) is 13.2 Å². The van der Waals surface area contributed by atoms with E-state index >= 15 is 0 Å². The molecule has 8 heteroatoms. The molecule has 0 aromatic heterocycles. The van der Waals surface area contributed by atoms with Gasteiger partial charge < -0.3 is 15.8 Å². The molecule has 1 amide bonds. The Hall–Kier alpha value is -1.48. The number of hydrogen-bond donors (Lipinski definition) is 3. The SMILES string of the molecule is CO[C@H]1Cc2ccc(C(N)=O)cc2C(C)(C)[C@@H]1NCCCNS(=O)(=O)C1CCCCC1. The second-order valence-corrected chi connectivity index (χ2v) is 11.5. The molecule has 0 aliphatic heterocycles. The van der Waals surface area contributed by atoms with Gasteiger partial charge in [-0.1, -0.05) is 39.2 Å². The minimum absolute atomic E-state index is 0.0131. The Morgan fingerprint density at radius 2 is 1.90 bits per heavy atom. The molecule has 174 valence electrons. The van der Waals surface area contributed by atoms with Crippen molar-refractivity contribution in [1.29, 1.82) is 0 Å². The number of nitrogens with one attached hydrogen (secondary N) is 2. The van der Waals surface area contributed by atoms with Crippen LogP contribution >= 0.6 is 0 Å². The van der Waals surface area contributed by atoms with Crippen molar-refractivity contribution in [3.05, 3.63) is 34.9 Å². The first-order valence-electron chi connectivity index (χ1n) is 11.3. The predicted octanol–water partition coefficient (Wildman–Crippen LogP) is 2.23. The highest BCUT2D eigenvalue weighted by atomic mass is 32.2. The third-order valence-electron chi connectivity index (χ3n) is 6.97. The molecule has 1 saturated carbocycles. The molecule has 2 atom stereocenters. The zero-order valence-electron chi connectivity index (χ0n) is 18.9. The maximum Gasteiger partial charge on any atom is 0.248 e. The number of ether oxygens (including phenoxy) is 1. The molecule has 31 heavy (non-hydrogen) atoms. The van der Waals surface area contributed by atoms with Gasteiger partial charge in [0.2, 0.25) is 15.9 Å². The van der Waals surface area contributed by atoms with Gasteiger partial charge in [-0.3, -0.25) is 4.79 Å². The van der Waals surface area contributed by atoms with Crippen molar-refractivity contribution in [3.8, 4) is 0 Å². The van der Waals surface area contributed by atoms with Crippen LogP contribution in [0.5, 0.6) is 0 Å². The number of carbonyl (C=O) groups excluding carboxylic acids is 1. The van der Waals surface area contributed by atoms with Gasteiger partial charge in [-0.05, 0) is 49.1 Å². The summed E-state index contributed by atoms with van der Waals surface area (Å²) in [5.74, 6) is -0.428. The second kappa shape index (κ2) is 9.98. The van der Waals surface area contributed by atoms with Gasteiger partial charge in [0.15, 0.2) is 0 Å². The largest absolute Gasteiger partial charge is 0.379 e. The zero-order chi connectivity index (χ0) is 22.6. The Bertz CT molecular complexity index is 879. The summed E-state index contributed by atoms with van der Waals surface area (Å²) >= 11 is 0. The summed E-state index contributed by atoms with van der Waals surface area (Å²) in [6.07, 6.45) is 6.11. The number of primary amides is 1. The maximum atomic E-state index is 12.5. The molecule has 1 aromatic rings. The predicted molar refractivity (Wildman–Crippen MR) is 123 cm³/mol. The Morgan fingerprint density at radius 1 is 1.19 bits per heavy atom. The highest BCUT2D eigenvalue weighted by Crippen LogP contribution is 2.38. The van der Waals surface area contributed by atoms with Crippen LogP contribution in [-0.2, 0) is 26.6 Å². The number of nitrogens with two attached hydrogens (primary N) is 1. The number of carbonyl (C=O) groups is 1. The minimum Gasteiger partial charge on any atom is -0.379 e. The number of sulfonamides is 1. The van der Waals surface area contributed by atoms with Crippen LogP contribution < -0.4 is 15.8 Å². The van der Waals surface area contributed by atoms with Crippen LogP contribution in [0, 0.1) is 0 Å². The van der Waals surface area contributed by atoms with Gasteiger partial charge in [-0.2, -0.15) is 0 Å². The summed E-state index contributed by atoms with van der Waals surface area (Å²) < 4.78 is 33.6. The maximum absolute atomic E-state index is 12.5. The molecule has 0 spiro atoms. The van der Waals surface area contributed by atoms with Crippen LogP contribution in [0.2, 0.25) is 0 Å². The molecule has 1 aromatic carbocycles. The van der Waals surface area contributed by atoms with Gasteiger partial charge in [0.05, 0.1) is 11.4 Å². The van der Waals surface area contributed by atoms with Crippen molar-refractivity contribution in [2.45, 2.75) is 81.6 Å². The molecule has 0 unspecified atom stereocenters. The molecule has 2 aliphatic carbocycles. The summed E-state index contributed by atoms with van der Waals surface area (Å²) in [6, 6.07) is 5.68. The van der Waals surface area contributed by atoms with Crippen LogP contribution in [0.1, 0.15) is 73.9 Å². The van der Waals surface area contributed by atoms with Gasteiger partial charge in [0.1, 0.15) is 0 Å². The number of benzene rings is 1. The number of methoxy groups -OCH3 is 1. The monoisotopic (exact) mass is 451 g/mol. The van der Waals surface area contributed by atoms with Crippen LogP contribution in [0.4, 0.5) is 0 Å². The van der Waals surface area contributed by atoms with E-state index in [2.05, 4.69) is 23.9 Å². The molecular formula is C23H37N3O4S. The molecule has 7 nitrogen and oxygen atoms in total. The molecule has 2 aliphatic rings. The Morgan fingerprint density at radius 3 is 2.55 bits per heavy atom. The molecule has 0 saturated heterocycles. The molecule has 0 heterocycles. The van der Waals surface area contributed by atoms with E-state index in [9.17, 15) is 13.2 Å². The molecule has 0 bridgehead atoms. The fourth-order valence-electron chi connectivity index (χ4n) is 5.13. The Balaban J connectivity index is 1.60. The first kappa shape index (κ1) is 24.2. The Labute approximate surface area is 186 Å². The lowest BCUT2D eigenvalue weighted by Crippen LogP contribution is -2.57. The Kier molecular flexibility index (Phi) is 7.78. The van der Waals surface area contributed by atoms with Crippen LogP contribution in [0.15, 0.2) is 18.2 Å². The van der Waals surface area contributed by atoms with E-state index in [0.717, 1.165) is 44.1 Å². The van der Waals surface area contributed by atoms with E-state index < -0.39 is 15.9 Å². The molecule has 1 fully saturated rings. The standard InChI is InChI=1S/C23H37N3O4S/c1-23(2)19-14-17(22(24)27)11-10-16(19)15-20(30-3)21(23)25-12-7-13-26-31(28,29)18-8-5-4-6-9-18/h10-11,14,18,20-21,25-26H,4-9,12-13,15H2,1-3H3,(H2,24,27)/t20-,21+/m0/s1. The summed E-state index contributed by atoms with van der Waals surface area (Å²) in [5, 5.41) is 3.36. The smallest absolute Gasteiger partial charge is 0.248 e. The topological polar surface area (TPSA) is 111 Å². The first-order valence-corrected chi connectivity index (χ1v) is 12.9. The van der Waals surface area contributed by atoms with Gasteiger partial charge in [-0.25, -0.2) is 13.1 Å². The van der Waals surface area contributed by atoms with E-state index in [1.807, 2.05) is 12.1 Å². The summed E-state index contributed by atoms with van der Waals surface area (Å²) in [6.45, 7) is 5.39. The van der Waals surface area contributed by atoms with E-state index in [0.29, 0.717) is 25.1 Å². The highest BCUT2D eigenvalue weighted by Gasteiger charge is 2.42.